The zero-order chi connectivity index (χ0) is 18.3. The number of carbonyl (C=O) groups excluding carboxylic acids is 3. The summed E-state index contributed by atoms with van der Waals surface area (Å²) in [4.78, 5) is 36.9. The van der Waals surface area contributed by atoms with Crippen molar-refractivity contribution in [3.63, 3.8) is 0 Å². The molecule has 0 heterocycles. The van der Waals surface area contributed by atoms with Crippen LogP contribution >= 0.6 is 0 Å². The van der Waals surface area contributed by atoms with Crippen LogP contribution in [0.15, 0.2) is 12.7 Å². The van der Waals surface area contributed by atoms with E-state index in [1.165, 1.54) is 6.92 Å². The Bertz CT molecular complexity index is 564. The second-order valence-corrected chi connectivity index (χ2v) is 7.93. The van der Waals surface area contributed by atoms with Crippen LogP contribution in [-0.2, 0) is 19.1 Å². The molecule has 134 valence electrons. The minimum Gasteiger partial charge on any atom is -0.460 e. The summed E-state index contributed by atoms with van der Waals surface area (Å²) < 4.78 is 5.37. The number of aliphatic hydroxyl groups is 1. The monoisotopic (exact) mass is 337 g/mol. The lowest BCUT2D eigenvalue weighted by Gasteiger charge is -2.25. The molecule has 2 N–H and O–H groups in total. The molecular formula is C18H27NO5. The topological polar surface area (TPSA) is 92.7 Å². The molecule has 1 unspecified atom stereocenters. The van der Waals surface area contributed by atoms with Gasteiger partial charge in [0.15, 0.2) is 5.78 Å². The molecule has 1 amide bonds. The summed E-state index contributed by atoms with van der Waals surface area (Å²) in [6, 6.07) is 0. The first-order valence-electron chi connectivity index (χ1n) is 8.36. The molecule has 6 heteroatoms. The lowest BCUT2D eigenvalue weighted by molar-refractivity contribution is -0.163. The molecule has 24 heavy (non-hydrogen) atoms. The highest BCUT2D eigenvalue weighted by Gasteiger charge is 2.58. The molecule has 2 aliphatic carbocycles. The van der Waals surface area contributed by atoms with Crippen LogP contribution in [0.3, 0.4) is 0 Å². The van der Waals surface area contributed by atoms with Gasteiger partial charge >= 0.3 is 5.97 Å². The van der Waals surface area contributed by atoms with Gasteiger partial charge in [-0.15, -0.1) is 6.58 Å². The molecule has 0 saturated heterocycles. The summed E-state index contributed by atoms with van der Waals surface area (Å²) in [7, 11) is 0. The Morgan fingerprint density at radius 1 is 1.25 bits per heavy atom. The van der Waals surface area contributed by atoms with Gasteiger partial charge in [0.2, 0.25) is 5.91 Å². The van der Waals surface area contributed by atoms with Crippen LogP contribution in [0.5, 0.6) is 0 Å². The van der Waals surface area contributed by atoms with Crippen LogP contribution < -0.4 is 5.32 Å². The average Bonchev–Trinajstić information content (AvgIpc) is 3.01. The Hall–Kier alpha value is -1.69. The summed E-state index contributed by atoms with van der Waals surface area (Å²) in [5.41, 5.74) is -1.55. The normalized spacial score (nSPS) is 35.2. The van der Waals surface area contributed by atoms with Gasteiger partial charge in [0.25, 0.3) is 0 Å². The Kier molecular flexibility index (Phi) is 4.91. The first kappa shape index (κ1) is 18.6. The van der Waals surface area contributed by atoms with Crippen LogP contribution in [0.2, 0.25) is 0 Å². The molecule has 2 saturated carbocycles. The van der Waals surface area contributed by atoms with Crippen molar-refractivity contribution in [1.82, 2.24) is 5.32 Å². The number of ketones is 1. The fourth-order valence-corrected chi connectivity index (χ4v) is 3.46. The Labute approximate surface area is 142 Å². The van der Waals surface area contributed by atoms with Crippen LogP contribution in [0.25, 0.3) is 0 Å². The smallest absolute Gasteiger partial charge is 0.310 e. The van der Waals surface area contributed by atoms with Crippen LogP contribution in [0.1, 0.15) is 47.0 Å². The molecule has 0 aromatic heterocycles. The Balaban J connectivity index is 2.11. The van der Waals surface area contributed by atoms with Crippen molar-refractivity contribution in [1.29, 1.82) is 0 Å². The van der Waals surface area contributed by atoms with E-state index in [9.17, 15) is 19.5 Å². The number of amides is 1. The number of Topliss-reactive ketones (excluding diaryl/α,β-unsaturated/α-hetero) is 1. The van der Waals surface area contributed by atoms with Gasteiger partial charge in [-0.3, -0.25) is 14.4 Å². The molecule has 0 aliphatic heterocycles. The van der Waals surface area contributed by atoms with Crippen LogP contribution in [0.4, 0.5) is 0 Å². The quantitative estimate of drug-likeness (QED) is 0.584. The number of rotatable bonds is 5. The van der Waals surface area contributed by atoms with Gasteiger partial charge in [0.05, 0.1) is 17.9 Å². The fourth-order valence-electron chi connectivity index (χ4n) is 3.46. The highest BCUT2D eigenvalue weighted by Crippen LogP contribution is 2.46. The number of nitrogens with one attached hydrogen (secondary N) is 1. The van der Waals surface area contributed by atoms with Gasteiger partial charge in [-0.05, 0) is 47.0 Å². The number of carbonyl (C=O) groups is 3. The fraction of sp³-hybridized carbons (Fsp3) is 0.722. The van der Waals surface area contributed by atoms with Gasteiger partial charge < -0.3 is 15.2 Å². The second-order valence-electron chi connectivity index (χ2n) is 7.93. The summed E-state index contributed by atoms with van der Waals surface area (Å²) >= 11 is 0. The minimum absolute atomic E-state index is 0.0785. The van der Waals surface area contributed by atoms with Gasteiger partial charge in [-0.2, -0.15) is 0 Å². The van der Waals surface area contributed by atoms with Crippen molar-refractivity contribution in [2.24, 2.45) is 17.8 Å². The highest BCUT2D eigenvalue weighted by atomic mass is 16.6. The first-order valence-corrected chi connectivity index (χ1v) is 8.36. The number of aliphatic hydroxyl groups excluding tert-OH is 1. The molecule has 0 spiro atoms. The number of hydrogen-bond acceptors (Lipinski definition) is 5. The van der Waals surface area contributed by atoms with Crippen molar-refractivity contribution >= 4 is 17.7 Å². The summed E-state index contributed by atoms with van der Waals surface area (Å²) in [6.07, 6.45) is 1.87. The first-order chi connectivity index (χ1) is 11.0. The maximum Gasteiger partial charge on any atom is 0.310 e. The number of hydrogen-bond donors (Lipinski definition) is 2. The molecule has 0 radical (unpaired) electrons. The van der Waals surface area contributed by atoms with E-state index in [0.717, 1.165) is 0 Å². The molecule has 0 aromatic rings. The van der Waals surface area contributed by atoms with E-state index in [2.05, 4.69) is 11.9 Å². The van der Waals surface area contributed by atoms with E-state index >= 15 is 0 Å². The van der Waals surface area contributed by atoms with Gasteiger partial charge in [0.1, 0.15) is 11.1 Å². The highest BCUT2D eigenvalue weighted by molar-refractivity contribution is 5.96. The SMILES string of the molecule is C=CC1C[C@]1(NC(=O)[C@@H]1C[C@H](O)C[C@H]1C(=O)OC(C)(C)C)C(C)=O. The minimum atomic E-state index is -0.898. The van der Waals surface area contributed by atoms with E-state index in [1.807, 2.05) is 0 Å². The van der Waals surface area contributed by atoms with Crippen molar-refractivity contribution in [2.75, 3.05) is 0 Å². The molecule has 2 rings (SSSR count). The average molecular weight is 337 g/mol. The summed E-state index contributed by atoms with van der Waals surface area (Å²) in [6.45, 7) is 10.4. The number of esters is 1. The predicted molar refractivity (Wildman–Crippen MR) is 87.9 cm³/mol. The maximum atomic E-state index is 12.7. The molecular weight excluding hydrogens is 310 g/mol. The van der Waals surface area contributed by atoms with Crippen molar-refractivity contribution in [3.8, 4) is 0 Å². The molecule has 6 nitrogen and oxygen atoms in total. The molecule has 0 aromatic carbocycles. The molecule has 5 atom stereocenters. The van der Waals surface area contributed by atoms with E-state index in [1.54, 1.807) is 26.8 Å². The zero-order valence-corrected chi connectivity index (χ0v) is 14.8. The van der Waals surface area contributed by atoms with Gasteiger partial charge in [0, 0.05) is 5.92 Å². The van der Waals surface area contributed by atoms with E-state index in [4.69, 9.17) is 4.74 Å². The van der Waals surface area contributed by atoms with Gasteiger partial charge in [-0.1, -0.05) is 6.08 Å². The largest absolute Gasteiger partial charge is 0.460 e. The lowest BCUT2D eigenvalue weighted by Crippen LogP contribution is -2.48. The zero-order valence-electron chi connectivity index (χ0n) is 14.8. The maximum absolute atomic E-state index is 12.7. The second kappa shape index (κ2) is 6.31. The molecule has 2 aliphatic rings. The van der Waals surface area contributed by atoms with Crippen molar-refractivity contribution in [3.05, 3.63) is 12.7 Å². The van der Waals surface area contributed by atoms with Crippen molar-refractivity contribution in [2.45, 2.75) is 64.2 Å². The molecule has 2 fully saturated rings. The number of ether oxygens (including phenoxy) is 1. The van der Waals surface area contributed by atoms with Crippen LogP contribution in [0, 0.1) is 17.8 Å². The van der Waals surface area contributed by atoms with E-state index in [0.29, 0.717) is 6.42 Å². The summed E-state index contributed by atoms with van der Waals surface area (Å²) in [5.74, 6) is -2.42. The molecule has 0 bridgehead atoms. The summed E-state index contributed by atoms with van der Waals surface area (Å²) in [5, 5.41) is 12.7. The third-order valence-corrected chi connectivity index (χ3v) is 4.86. The third kappa shape index (κ3) is 3.69. The van der Waals surface area contributed by atoms with Gasteiger partial charge in [-0.25, -0.2) is 0 Å². The predicted octanol–water partition coefficient (Wildman–Crippen LogP) is 1.37. The van der Waals surface area contributed by atoms with E-state index in [-0.39, 0.29) is 30.4 Å². The third-order valence-electron chi connectivity index (χ3n) is 4.86. The van der Waals surface area contributed by atoms with Crippen LogP contribution in [-0.4, -0.2) is 40.0 Å². The van der Waals surface area contributed by atoms with E-state index < -0.39 is 35.0 Å². The standard InChI is InChI=1S/C18H27NO5/c1-6-11-9-18(11,10(2)20)19-15(22)13-7-12(21)8-14(13)16(23)24-17(3,4)5/h6,11-14,21H,1,7-9H2,2-5H3,(H,19,22)/t11?,12-,13+,14+,18-/m0/s1. The Morgan fingerprint density at radius 2 is 1.83 bits per heavy atom. The lowest BCUT2D eigenvalue weighted by atomic mass is 9.94. The van der Waals surface area contributed by atoms with Crippen molar-refractivity contribution < 1.29 is 24.2 Å². The Morgan fingerprint density at radius 3 is 2.29 bits per heavy atom.